The average molecular weight is 268 g/mol. The maximum Gasteiger partial charge on any atom is 0.160 e. The normalized spacial score (nSPS) is 13.9. The highest BCUT2D eigenvalue weighted by Gasteiger charge is 2.14. The average Bonchev–Trinajstić information content (AvgIpc) is 2.46. The zero-order valence-corrected chi connectivity index (χ0v) is 11.6. The Bertz CT molecular complexity index is 673. The van der Waals surface area contributed by atoms with Crippen LogP contribution in [0.3, 0.4) is 0 Å². The lowest BCUT2D eigenvalue weighted by Gasteiger charge is -2.17. The van der Waals surface area contributed by atoms with E-state index >= 15 is 0 Å². The van der Waals surface area contributed by atoms with Crippen LogP contribution in [0.5, 0.6) is 0 Å². The minimum atomic E-state index is -0.303. The van der Waals surface area contributed by atoms with Gasteiger partial charge in [-0.1, -0.05) is 18.2 Å². The Morgan fingerprint density at radius 2 is 1.75 bits per heavy atom. The summed E-state index contributed by atoms with van der Waals surface area (Å²) in [6.45, 7) is 1.52. The molecular formula is C18H17FO. The fourth-order valence-electron chi connectivity index (χ4n) is 2.96. The molecule has 0 fully saturated rings. The quantitative estimate of drug-likeness (QED) is 0.729. The Kier molecular flexibility index (Phi) is 3.39. The minimum absolute atomic E-state index is 0.0299. The molecular weight excluding hydrogens is 251 g/mol. The summed E-state index contributed by atoms with van der Waals surface area (Å²) < 4.78 is 13.5. The molecule has 0 amide bonds. The van der Waals surface area contributed by atoms with Gasteiger partial charge in [-0.15, -0.1) is 0 Å². The molecule has 0 radical (unpaired) electrons. The number of hydrogen-bond donors (Lipinski definition) is 0. The van der Waals surface area contributed by atoms with Gasteiger partial charge in [-0.25, -0.2) is 4.39 Å². The number of fused-ring (bicyclic) bond motifs is 1. The van der Waals surface area contributed by atoms with Gasteiger partial charge in [0.05, 0.1) is 0 Å². The first kappa shape index (κ1) is 13.0. The molecule has 2 aromatic carbocycles. The van der Waals surface area contributed by atoms with Crippen molar-refractivity contribution in [2.24, 2.45) is 0 Å². The molecule has 0 atom stereocenters. The van der Waals surface area contributed by atoms with E-state index in [1.54, 1.807) is 6.07 Å². The third kappa shape index (κ3) is 2.38. The molecule has 1 aliphatic carbocycles. The molecule has 0 N–H and O–H groups in total. The molecule has 0 saturated carbocycles. The lowest BCUT2D eigenvalue weighted by Crippen LogP contribution is -2.03. The van der Waals surface area contributed by atoms with E-state index < -0.39 is 0 Å². The van der Waals surface area contributed by atoms with Crippen LogP contribution < -0.4 is 0 Å². The van der Waals surface area contributed by atoms with Crippen molar-refractivity contribution in [3.63, 3.8) is 0 Å². The van der Waals surface area contributed by atoms with Gasteiger partial charge in [0, 0.05) is 5.56 Å². The van der Waals surface area contributed by atoms with Gasteiger partial charge < -0.3 is 0 Å². The van der Waals surface area contributed by atoms with Gasteiger partial charge in [0.15, 0.2) is 5.78 Å². The van der Waals surface area contributed by atoms with Crippen LogP contribution in [-0.2, 0) is 12.8 Å². The molecule has 102 valence electrons. The first-order valence-corrected chi connectivity index (χ1v) is 7.08. The van der Waals surface area contributed by atoms with Crippen molar-refractivity contribution >= 4 is 5.78 Å². The van der Waals surface area contributed by atoms with Crippen LogP contribution in [0.25, 0.3) is 11.1 Å². The molecule has 20 heavy (non-hydrogen) atoms. The first-order chi connectivity index (χ1) is 9.65. The second-order valence-corrected chi connectivity index (χ2v) is 5.44. The highest BCUT2D eigenvalue weighted by molar-refractivity contribution is 6.00. The lowest BCUT2D eigenvalue weighted by atomic mass is 9.88. The standard InChI is InChI=1S/C18H17FO/c1-12(20)17-9-8-16(19)11-18(17)15-7-6-13-4-2-3-5-14(13)10-15/h6-11H,2-5H2,1H3. The second-order valence-electron chi connectivity index (χ2n) is 5.44. The van der Waals surface area contributed by atoms with E-state index in [-0.39, 0.29) is 11.6 Å². The van der Waals surface area contributed by atoms with E-state index in [4.69, 9.17) is 0 Å². The number of carbonyl (C=O) groups is 1. The van der Waals surface area contributed by atoms with Crippen LogP contribution in [0.4, 0.5) is 4.39 Å². The smallest absolute Gasteiger partial charge is 0.160 e. The zero-order chi connectivity index (χ0) is 14.1. The molecule has 0 unspecified atom stereocenters. The van der Waals surface area contributed by atoms with Gasteiger partial charge in [0.1, 0.15) is 5.82 Å². The lowest BCUT2D eigenvalue weighted by molar-refractivity contribution is 0.101. The predicted molar refractivity (Wildman–Crippen MR) is 78.5 cm³/mol. The summed E-state index contributed by atoms with van der Waals surface area (Å²) >= 11 is 0. The van der Waals surface area contributed by atoms with Gasteiger partial charge in [-0.2, -0.15) is 0 Å². The summed E-state index contributed by atoms with van der Waals surface area (Å²) in [5.74, 6) is -0.333. The van der Waals surface area contributed by atoms with Crippen molar-refractivity contribution in [1.29, 1.82) is 0 Å². The van der Waals surface area contributed by atoms with E-state index in [1.807, 2.05) is 6.07 Å². The van der Waals surface area contributed by atoms with E-state index in [0.29, 0.717) is 11.1 Å². The van der Waals surface area contributed by atoms with Gasteiger partial charge in [0.25, 0.3) is 0 Å². The SMILES string of the molecule is CC(=O)c1ccc(F)cc1-c1ccc2c(c1)CCCC2. The number of carbonyl (C=O) groups excluding carboxylic acids is 1. The van der Waals surface area contributed by atoms with Crippen LogP contribution in [0.1, 0.15) is 41.3 Å². The Morgan fingerprint density at radius 1 is 1.00 bits per heavy atom. The summed E-state index contributed by atoms with van der Waals surface area (Å²) in [5.41, 5.74) is 4.96. The summed E-state index contributed by atoms with van der Waals surface area (Å²) in [6, 6.07) is 10.6. The van der Waals surface area contributed by atoms with E-state index in [0.717, 1.165) is 18.4 Å². The van der Waals surface area contributed by atoms with E-state index in [2.05, 4.69) is 12.1 Å². The predicted octanol–water partition coefficient (Wildman–Crippen LogP) is 4.57. The van der Waals surface area contributed by atoms with Crippen molar-refractivity contribution in [1.82, 2.24) is 0 Å². The number of aryl methyl sites for hydroxylation is 2. The van der Waals surface area contributed by atoms with Crippen LogP contribution in [0.2, 0.25) is 0 Å². The van der Waals surface area contributed by atoms with Crippen LogP contribution in [0.15, 0.2) is 36.4 Å². The Morgan fingerprint density at radius 3 is 2.50 bits per heavy atom. The van der Waals surface area contributed by atoms with E-state index in [9.17, 15) is 9.18 Å². The van der Waals surface area contributed by atoms with Gasteiger partial charge in [-0.3, -0.25) is 4.79 Å². The minimum Gasteiger partial charge on any atom is -0.294 e. The van der Waals surface area contributed by atoms with Crippen molar-refractivity contribution in [2.75, 3.05) is 0 Å². The molecule has 2 aromatic rings. The number of ketones is 1. The third-order valence-electron chi connectivity index (χ3n) is 4.02. The number of rotatable bonds is 2. The maximum absolute atomic E-state index is 13.5. The molecule has 0 aliphatic heterocycles. The van der Waals surface area contributed by atoms with Crippen LogP contribution >= 0.6 is 0 Å². The maximum atomic E-state index is 13.5. The number of hydrogen-bond acceptors (Lipinski definition) is 1. The molecule has 0 bridgehead atoms. The molecule has 0 heterocycles. The number of benzene rings is 2. The van der Waals surface area contributed by atoms with Crippen molar-refractivity contribution < 1.29 is 9.18 Å². The van der Waals surface area contributed by atoms with Crippen LogP contribution in [-0.4, -0.2) is 5.78 Å². The second kappa shape index (κ2) is 5.20. The highest BCUT2D eigenvalue weighted by Crippen LogP contribution is 2.30. The summed E-state index contributed by atoms with van der Waals surface area (Å²) in [4.78, 5) is 11.7. The topological polar surface area (TPSA) is 17.1 Å². The Labute approximate surface area is 118 Å². The molecule has 0 saturated heterocycles. The molecule has 1 nitrogen and oxygen atoms in total. The highest BCUT2D eigenvalue weighted by atomic mass is 19.1. The van der Waals surface area contributed by atoms with Gasteiger partial charge in [0.2, 0.25) is 0 Å². The van der Waals surface area contributed by atoms with E-state index in [1.165, 1.54) is 43.0 Å². The molecule has 2 heteroatoms. The molecule has 1 aliphatic rings. The van der Waals surface area contributed by atoms with Crippen molar-refractivity contribution in [2.45, 2.75) is 32.6 Å². The Balaban J connectivity index is 2.13. The number of Topliss-reactive ketones (excluding diaryl/α,β-unsaturated/α-hetero) is 1. The first-order valence-electron chi connectivity index (χ1n) is 7.08. The van der Waals surface area contributed by atoms with Gasteiger partial charge in [-0.05, 0) is 73.1 Å². The summed E-state index contributed by atoms with van der Waals surface area (Å²) in [5, 5.41) is 0. The largest absolute Gasteiger partial charge is 0.294 e. The van der Waals surface area contributed by atoms with Crippen molar-refractivity contribution in [3.8, 4) is 11.1 Å². The molecule has 3 rings (SSSR count). The third-order valence-corrected chi connectivity index (χ3v) is 4.02. The van der Waals surface area contributed by atoms with Gasteiger partial charge >= 0.3 is 0 Å². The molecule has 0 spiro atoms. The summed E-state index contributed by atoms with van der Waals surface area (Å²) in [6.07, 6.45) is 4.65. The fraction of sp³-hybridized carbons (Fsp3) is 0.278. The molecule has 0 aromatic heterocycles. The zero-order valence-electron chi connectivity index (χ0n) is 11.6. The monoisotopic (exact) mass is 268 g/mol. The Hall–Kier alpha value is -1.96. The fourth-order valence-corrected chi connectivity index (χ4v) is 2.96. The summed E-state index contributed by atoms with van der Waals surface area (Å²) in [7, 11) is 0. The van der Waals surface area contributed by atoms with Crippen LogP contribution in [0, 0.1) is 5.82 Å². The van der Waals surface area contributed by atoms with Crippen molar-refractivity contribution in [3.05, 3.63) is 58.9 Å². The number of halogens is 1.